The van der Waals surface area contributed by atoms with E-state index >= 15 is 0 Å². The largest absolute Gasteiger partial charge is 0.473 e. The van der Waals surface area contributed by atoms with Crippen molar-refractivity contribution in [2.75, 3.05) is 0 Å². The van der Waals surface area contributed by atoms with Crippen LogP contribution in [0.1, 0.15) is 53.2 Å². The quantitative estimate of drug-likeness (QED) is 0.841. The van der Waals surface area contributed by atoms with Crippen LogP contribution in [0, 0.1) is 0 Å². The van der Waals surface area contributed by atoms with Crippen LogP contribution in [0.15, 0.2) is 12.1 Å². The van der Waals surface area contributed by atoms with Crippen molar-refractivity contribution in [1.29, 1.82) is 0 Å². The molecule has 1 aliphatic heterocycles. The van der Waals surface area contributed by atoms with Gasteiger partial charge in [-0.3, -0.25) is 0 Å². The lowest BCUT2D eigenvalue weighted by atomic mass is 9.87. The van der Waals surface area contributed by atoms with Gasteiger partial charge in [0.25, 0.3) is 0 Å². The summed E-state index contributed by atoms with van der Waals surface area (Å²) in [6.45, 7) is 10.5. The Kier molecular flexibility index (Phi) is 3.81. The highest BCUT2D eigenvalue weighted by Gasteiger charge is 2.40. The SMILES string of the molecule is CCc1ccc(OC2CC(C)(C)OC(C)(C)C2)nn1. The number of rotatable bonds is 3. The summed E-state index contributed by atoms with van der Waals surface area (Å²) in [5.74, 6) is 0.607. The Balaban J connectivity index is 2.05. The molecule has 1 aromatic heterocycles. The molecule has 0 spiro atoms. The van der Waals surface area contributed by atoms with Crippen LogP contribution in [-0.4, -0.2) is 27.5 Å². The average Bonchev–Trinajstić information content (AvgIpc) is 2.25. The predicted molar refractivity (Wildman–Crippen MR) is 74.3 cm³/mol. The topological polar surface area (TPSA) is 44.2 Å². The van der Waals surface area contributed by atoms with E-state index in [-0.39, 0.29) is 17.3 Å². The second-order valence-corrected chi connectivity index (χ2v) is 6.49. The molecule has 0 unspecified atom stereocenters. The van der Waals surface area contributed by atoms with E-state index in [1.165, 1.54) is 0 Å². The second-order valence-electron chi connectivity index (χ2n) is 6.49. The molecule has 1 saturated heterocycles. The molecule has 0 N–H and O–H groups in total. The van der Waals surface area contributed by atoms with Crippen molar-refractivity contribution in [3.63, 3.8) is 0 Å². The molecule has 4 heteroatoms. The zero-order valence-corrected chi connectivity index (χ0v) is 12.6. The Morgan fingerprint density at radius 3 is 2.26 bits per heavy atom. The van der Waals surface area contributed by atoms with Crippen LogP contribution in [0.4, 0.5) is 0 Å². The van der Waals surface area contributed by atoms with Crippen LogP contribution in [0.5, 0.6) is 5.88 Å². The van der Waals surface area contributed by atoms with Gasteiger partial charge in [-0.05, 0) is 40.2 Å². The number of hydrogen-bond acceptors (Lipinski definition) is 4. The number of ether oxygens (including phenoxy) is 2. The first-order valence-corrected chi connectivity index (χ1v) is 6.99. The molecule has 4 nitrogen and oxygen atoms in total. The van der Waals surface area contributed by atoms with Crippen LogP contribution in [0.3, 0.4) is 0 Å². The molecule has 1 fully saturated rings. The van der Waals surface area contributed by atoms with Crippen LogP contribution in [0.25, 0.3) is 0 Å². The van der Waals surface area contributed by atoms with Gasteiger partial charge in [0, 0.05) is 18.9 Å². The molecule has 2 rings (SSSR count). The van der Waals surface area contributed by atoms with Crippen molar-refractivity contribution >= 4 is 0 Å². The number of aryl methyl sites for hydroxylation is 1. The van der Waals surface area contributed by atoms with Crippen LogP contribution >= 0.6 is 0 Å². The monoisotopic (exact) mass is 264 g/mol. The van der Waals surface area contributed by atoms with Crippen LogP contribution in [0.2, 0.25) is 0 Å². The standard InChI is InChI=1S/C15H24N2O2/c1-6-11-7-8-13(17-16-11)18-12-9-14(2,3)19-15(4,5)10-12/h7-8,12H,6,9-10H2,1-5H3. The Morgan fingerprint density at radius 2 is 1.79 bits per heavy atom. The zero-order valence-electron chi connectivity index (χ0n) is 12.6. The second kappa shape index (κ2) is 5.08. The van der Waals surface area contributed by atoms with Gasteiger partial charge < -0.3 is 9.47 Å². The van der Waals surface area contributed by atoms with Gasteiger partial charge in [0.1, 0.15) is 6.10 Å². The third-order valence-corrected chi connectivity index (χ3v) is 3.34. The molecule has 0 amide bonds. The van der Waals surface area contributed by atoms with Crippen molar-refractivity contribution in [1.82, 2.24) is 10.2 Å². The normalized spacial score (nSPS) is 22.2. The molecular weight excluding hydrogens is 240 g/mol. The highest BCUT2D eigenvalue weighted by Crippen LogP contribution is 2.36. The van der Waals surface area contributed by atoms with Crippen LogP contribution < -0.4 is 4.74 Å². The van der Waals surface area contributed by atoms with Crippen LogP contribution in [-0.2, 0) is 11.2 Å². The van der Waals surface area contributed by atoms with Gasteiger partial charge in [0.05, 0.1) is 16.9 Å². The summed E-state index contributed by atoms with van der Waals surface area (Å²) >= 11 is 0. The van der Waals surface area contributed by atoms with E-state index in [0.717, 1.165) is 25.0 Å². The molecule has 0 atom stereocenters. The van der Waals surface area contributed by atoms with Gasteiger partial charge in [0.2, 0.25) is 5.88 Å². The van der Waals surface area contributed by atoms with Gasteiger partial charge in [0.15, 0.2) is 0 Å². The first-order chi connectivity index (χ1) is 8.80. The fraction of sp³-hybridized carbons (Fsp3) is 0.733. The zero-order chi connectivity index (χ0) is 14.1. The summed E-state index contributed by atoms with van der Waals surface area (Å²) < 4.78 is 12.0. The van der Waals surface area contributed by atoms with Gasteiger partial charge in [-0.25, -0.2) is 0 Å². The molecule has 0 radical (unpaired) electrons. The molecule has 1 aromatic rings. The van der Waals surface area contributed by atoms with Crippen molar-refractivity contribution < 1.29 is 9.47 Å². The smallest absolute Gasteiger partial charge is 0.233 e. The van der Waals surface area contributed by atoms with E-state index in [1.54, 1.807) is 0 Å². The third-order valence-electron chi connectivity index (χ3n) is 3.34. The third kappa shape index (κ3) is 3.90. The minimum absolute atomic E-state index is 0.125. The summed E-state index contributed by atoms with van der Waals surface area (Å²) in [6, 6.07) is 3.87. The Bertz CT molecular complexity index is 410. The summed E-state index contributed by atoms with van der Waals surface area (Å²) in [4.78, 5) is 0. The first-order valence-electron chi connectivity index (χ1n) is 6.99. The summed E-state index contributed by atoms with van der Waals surface area (Å²) in [5.41, 5.74) is 0.659. The lowest BCUT2D eigenvalue weighted by Gasteiger charge is -2.44. The summed E-state index contributed by atoms with van der Waals surface area (Å²) in [5, 5.41) is 8.26. The average molecular weight is 264 g/mol. The predicted octanol–water partition coefficient (Wildman–Crippen LogP) is 3.15. The molecular formula is C15H24N2O2. The maximum atomic E-state index is 6.05. The fourth-order valence-corrected chi connectivity index (χ4v) is 2.85. The summed E-state index contributed by atoms with van der Waals surface area (Å²) in [7, 11) is 0. The molecule has 19 heavy (non-hydrogen) atoms. The molecule has 2 heterocycles. The van der Waals surface area contributed by atoms with E-state index in [0.29, 0.717) is 5.88 Å². The first kappa shape index (κ1) is 14.3. The maximum Gasteiger partial charge on any atom is 0.233 e. The maximum absolute atomic E-state index is 6.05. The number of nitrogens with zero attached hydrogens (tertiary/aromatic N) is 2. The van der Waals surface area contributed by atoms with Crippen molar-refractivity contribution in [3.8, 4) is 5.88 Å². The van der Waals surface area contributed by atoms with Gasteiger partial charge in [-0.15, -0.1) is 5.10 Å². The van der Waals surface area contributed by atoms with E-state index in [4.69, 9.17) is 9.47 Å². The highest BCUT2D eigenvalue weighted by atomic mass is 16.5. The van der Waals surface area contributed by atoms with Crippen molar-refractivity contribution in [2.45, 2.75) is 71.2 Å². The molecule has 0 saturated carbocycles. The van der Waals surface area contributed by atoms with E-state index in [9.17, 15) is 0 Å². The molecule has 0 bridgehead atoms. The lowest BCUT2D eigenvalue weighted by molar-refractivity contribution is -0.182. The van der Waals surface area contributed by atoms with Gasteiger partial charge in [-0.2, -0.15) is 5.10 Å². The minimum atomic E-state index is -0.163. The van der Waals surface area contributed by atoms with E-state index in [2.05, 4.69) is 44.8 Å². The Labute approximate surface area is 115 Å². The summed E-state index contributed by atoms with van der Waals surface area (Å²) in [6.07, 6.45) is 2.76. The molecule has 0 aromatic carbocycles. The number of hydrogen-bond donors (Lipinski definition) is 0. The van der Waals surface area contributed by atoms with Crippen molar-refractivity contribution in [2.24, 2.45) is 0 Å². The lowest BCUT2D eigenvalue weighted by Crippen LogP contribution is -2.49. The Hall–Kier alpha value is -1.16. The van der Waals surface area contributed by atoms with E-state index in [1.807, 2.05) is 12.1 Å². The Morgan fingerprint density at radius 1 is 1.16 bits per heavy atom. The van der Waals surface area contributed by atoms with Gasteiger partial charge in [-0.1, -0.05) is 6.92 Å². The minimum Gasteiger partial charge on any atom is -0.473 e. The molecule has 106 valence electrons. The molecule has 0 aliphatic carbocycles. The molecule has 1 aliphatic rings. The van der Waals surface area contributed by atoms with Crippen molar-refractivity contribution in [3.05, 3.63) is 17.8 Å². The fourth-order valence-electron chi connectivity index (χ4n) is 2.85. The van der Waals surface area contributed by atoms with Gasteiger partial charge >= 0.3 is 0 Å². The highest BCUT2D eigenvalue weighted by molar-refractivity contribution is 5.12. The van der Waals surface area contributed by atoms with E-state index < -0.39 is 0 Å². The number of aromatic nitrogens is 2.